The number of halogens is 2. The Labute approximate surface area is 209 Å². The summed E-state index contributed by atoms with van der Waals surface area (Å²) in [6, 6.07) is 8.24. The molecule has 1 saturated heterocycles. The van der Waals surface area contributed by atoms with Crippen LogP contribution in [0.5, 0.6) is 0 Å². The Kier molecular flexibility index (Phi) is 8.07. The Morgan fingerprint density at radius 2 is 1.97 bits per heavy atom. The Balaban J connectivity index is 1.50. The van der Waals surface area contributed by atoms with Crippen molar-refractivity contribution >= 4 is 11.8 Å². The summed E-state index contributed by atoms with van der Waals surface area (Å²) >= 11 is 0. The average Bonchev–Trinajstić information content (AvgIpc) is 3.36. The van der Waals surface area contributed by atoms with Crippen molar-refractivity contribution in [1.82, 2.24) is 19.9 Å². The first-order chi connectivity index (χ1) is 17.4. The van der Waals surface area contributed by atoms with Gasteiger partial charge < -0.3 is 14.3 Å². The van der Waals surface area contributed by atoms with Gasteiger partial charge in [0.05, 0.1) is 5.56 Å². The van der Waals surface area contributed by atoms with E-state index in [0.29, 0.717) is 48.5 Å². The maximum atomic E-state index is 14.6. The van der Waals surface area contributed by atoms with Gasteiger partial charge in [0.15, 0.2) is 5.69 Å². The first-order valence-electron chi connectivity index (χ1n) is 12.2. The van der Waals surface area contributed by atoms with Crippen molar-refractivity contribution < 1.29 is 22.9 Å². The van der Waals surface area contributed by atoms with Crippen LogP contribution in [-0.2, 0) is 12.8 Å². The highest BCUT2D eigenvalue weighted by Crippen LogP contribution is 2.29. The van der Waals surface area contributed by atoms with Crippen LogP contribution < -0.4 is 0 Å². The van der Waals surface area contributed by atoms with E-state index in [4.69, 9.17) is 4.52 Å². The number of rotatable bonds is 8. The molecule has 0 spiro atoms. The van der Waals surface area contributed by atoms with Crippen molar-refractivity contribution in [1.29, 1.82) is 0 Å². The van der Waals surface area contributed by atoms with Gasteiger partial charge in [-0.05, 0) is 55.4 Å². The number of amides is 2. The number of nitrogens with zero attached hydrogens (tertiary/aromatic N) is 4. The van der Waals surface area contributed by atoms with Crippen LogP contribution in [0.3, 0.4) is 0 Å². The highest BCUT2D eigenvalue weighted by atomic mass is 19.1. The summed E-state index contributed by atoms with van der Waals surface area (Å²) in [5.74, 6) is -0.983. The van der Waals surface area contributed by atoms with E-state index in [1.165, 1.54) is 18.3 Å². The average molecular weight is 497 g/mol. The molecule has 0 N–H and O–H groups in total. The van der Waals surface area contributed by atoms with Crippen LogP contribution in [-0.4, -0.2) is 57.9 Å². The van der Waals surface area contributed by atoms with Gasteiger partial charge in [0.2, 0.25) is 0 Å². The fraction of sp³-hybridized carbons (Fsp3) is 0.407. The summed E-state index contributed by atoms with van der Waals surface area (Å²) in [6.07, 6.45) is 6.20. The second-order valence-corrected chi connectivity index (χ2v) is 9.22. The molecule has 4 rings (SSSR count). The fourth-order valence-electron chi connectivity index (χ4n) is 4.80. The second kappa shape index (κ2) is 11.4. The lowest BCUT2D eigenvalue weighted by Crippen LogP contribution is -2.48. The molecule has 2 amide bonds. The zero-order valence-corrected chi connectivity index (χ0v) is 20.5. The number of carbonyl (C=O) groups is 2. The number of carbonyl (C=O) groups excluding carboxylic acids is 2. The van der Waals surface area contributed by atoms with E-state index in [0.717, 1.165) is 18.9 Å². The van der Waals surface area contributed by atoms with Crippen molar-refractivity contribution in [2.45, 2.75) is 45.1 Å². The molecule has 9 heteroatoms. The van der Waals surface area contributed by atoms with Crippen molar-refractivity contribution in [3.05, 3.63) is 83.0 Å². The van der Waals surface area contributed by atoms with Gasteiger partial charge in [-0.15, -0.1) is 0 Å². The highest BCUT2D eigenvalue weighted by molar-refractivity contribution is 5.94. The summed E-state index contributed by atoms with van der Waals surface area (Å²) in [5, 5.41) is 3.92. The van der Waals surface area contributed by atoms with Crippen LogP contribution in [0.15, 0.2) is 53.3 Å². The van der Waals surface area contributed by atoms with Crippen LogP contribution in [0.1, 0.15) is 58.4 Å². The summed E-state index contributed by atoms with van der Waals surface area (Å²) in [7, 11) is 1.70. The van der Waals surface area contributed by atoms with E-state index in [2.05, 4.69) is 10.1 Å². The molecule has 0 bridgehead atoms. The van der Waals surface area contributed by atoms with Crippen LogP contribution in [0.25, 0.3) is 0 Å². The number of hydrogen-bond acceptors (Lipinski definition) is 5. The molecule has 0 unspecified atom stereocenters. The van der Waals surface area contributed by atoms with Crippen LogP contribution in [0.4, 0.5) is 8.78 Å². The number of likely N-dealkylation sites (tertiary alicyclic amines) is 1. The van der Waals surface area contributed by atoms with Gasteiger partial charge in [-0.1, -0.05) is 18.1 Å². The molecule has 1 fully saturated rings. The smallest absolute Gasteiger partial charge is 0.276 e. The van der Waals surface area contributed by atoms with E-state index in [1.807, 2.05) is 6.92 Å². The Morgan fingerprint density at radius 1 is 1.19 bits per heavy atom. The molecule has 0 radical (unpaired) electrons. The quantitative estimate of drug-likeness (QED) is 0.458. The number of piperidine rings is 1. The van der Waals surface area contributed by atoms with E-state index >= 15 is 0 Å². The lowest BCUT2D eigenvalue weighted by atomic mass is 9.84. The van der Waals surface area contributed by atoms with Gasteiger partial charge in [0.25, 0.3) is 11.8 Å². The molecule has 1 aliphatic heterocycles. The van der Waals surface area contributed by atoms with Gasteiger partial charge in [0, 0.05) is 57.1 Å². The number of pyridine rings is 1. The summed E-state index contributed by atoms with van der Waals surface area (Å²) in [4.78, 5) is 33.5. The Morgan fingerprint density at radius 3 is 2.64 bits per heavy atom. The molecule has 1 aliphatic rings. The number of aryl methyl sites for hydroxylation is 1. The minimum Gasteiger partial charge on any atom is -0.361 e. The molecule has 190 valence electrons. The zero-order chi connectivity index (χ0) is 25.7. The molecule has 3 aromatic rings. The third-order valence-corrected chi connectivity index (χ3v) is 6.82. The standard InChI is InChI=1S/C27H30F2N4O3/c1-3-5-22-16-24(31-36-22)27(35)33-12-9-18(10-13-33)25(14-19-7-8-21(28)15-23(19)29)32(2)26(34)20-6-4-11-30-17-20/h4,6-8,11,15-18,25H,3,5,9-10,12-14H2,1-2H3/t25-/m0/s1. The minimum absolute atomic E-state index is 0.0112. The van der Waals surface area contributed by atoms with Crippen LogP contribution >= 0.6 is 0 Å². The first kappa shape index (κ1) is 25.5. The topological polar surface area (TPSA) is 79.5 Å². The largest absolute Gasteiger partial charge is 0.361 e. The van der Waals surface area contributed by atoms with Gasteiger partial charge in [-0.25, -0.2) is 8.78 Å². The summed E-state index contributed by atoms with van der Waals surface area (Å²) in [5.41, 5.74) is 1.08. The summed E-state index contributed by atoms with van der Waals surface area (Å²) in [6.45, 7) is 2.99. The number of hydrogen-bond donors (Lipinski definition) is 0. The van der Waals surface area contributed by atoms with Crippen molar-refractivity contribution in [2.75, 3.05) is 20.1 Å². The monoisotopic (exact) mass is 496 g/mol. The normalized spacial score (nSPS) is 15.1. The molecular weight excluding hydrogens is 466 g/mol. The third-order valence-electron chi connectivity index (χ3n) is 6.82. The summed E-state index contributed by atoms with van der Waals surface area (Å²) < 4.78 is 33.3. The van der Waals surface area contributed by atoms with Crippen molar-refractivity contribution in [3.63, 3.8) is 0 Å². The Hall–Kier alpha value is -3.62. The van der Waals surface area contributed by atoms with E-state index in [9.17, 15) is 18.4 Å². The molecule has 36 heavy (non-hydrogen) atoms. The molecule has 7 nitrogen and oxygen atoms in total. The van der Waals surface area contributed by atoms with E-state index in [-0.39, 0.29) is 30.2 Å². The lowest BCUT2D eigenvalue weighted by molar-refractivity contribution is 0.0516. The van der Waals surface area contributed by atoms with E-state index in [1.54, 1.807) is 41.2 Å². The first-order valence-corrected chi connectivity index (χ1v) is 12.2. The van der Waals surface area contributed by atoms with E-state index < -0.39 is 11.6 Å². The Bertz CT molecular complexity index is 1190. The number of benzene rings is 1. The second-order valence-electron chi connectivity index (χ2n) is 9.22. The predicted molar refractivity (Wildman–Crippen MR) is 129 cm³/mol. The predicted octanol–water partition coefficient (Wildman–Crippen LogP) is 4.54. The van der Waals surface area contributed by atoms with Crippen LogP contribution in [0, 0.1) is 17.6 Å². The molecule has 2 aromatic heterocycles. The molecule has 3 heterocycles. The van der Waals surface area contributed by atoms with Gasteiger partial charge >= 0.3 is 0 Å². The molecule has 1 atom stereocenters. The lowest BCUT2D eigenvalue weighted by Gasteiger charge is -2.40. The van der Waals surface area contributed by atoms with Crippen molar-refractivity contribution in [3.8, 4) is 0 Å². The van der Waals surface area contributed by atoms with Gasteiger partial charge in [0.1, 0.15) is 17.4 Å². The molecule has 0 saturated carbocycles. The number of aromatic nitrogens is 2. The molecular formula is C27H30F2N4O3. The van der Waals surface area contributed by atoms with Crippen molar-refractivity contribution in [2.24, 2.45) is 5.92 Å². The molecule has 0 aliphatic carbocycles. The fourth-order valence-corrected chi connectivity index (χ4v) is 4.80. The van der Waals surface area contributed by atoms with Gasteiger partial charge in [-0.3, -0.25) is 14.6 Å². The van der Waals surface area contributed by atoms with Gasteiger partial charge in [-0.2, -0.15) is 0 Å². The maximum Gasteiger partial charge on any atom is 0.276 e. The van der Waals surface area contributed by atoms with Crippen LogP contribution in [0.2, 0.25) is 0 Å². The minimum atomic E-state index is -0.644. The zero-order valence-electron chi connectivity index (χ0n) is 20.5. The maximum absolute atomic E-state index is 14.6. The molecule has 1 aromatic carbocycles. The SMILES string of the molecule is CCCc1cc(C(=O)N2CCC([C@H](Cc3ccc(F)cc3F)N(C)C(=O)c3cccnc3)CC2)no1. The number of likely N-dealkylation sites (N-methyl/N-ethyl adjacent to an activating group) is 1. The highest BCUT2D eigenvalue weighted by Gasteiger charge is 2.34. The third kappa shape index (κ3) is 5.78.